The molecule has 0 saturated carbocycles. The molecule has 1 amide bonds. The Morgan fingerprint density at radius 3 is 2.48 bits per heavy atom. The molecule has 0 unspecified atom stereocenters. The van der Waals surface area contributed by atoms with E-state index in [1.165, 1.54) is 6.21 Å². The van der Waals surface area contributed by atoms with E-state index in [4.69, 9.17) is 14.7 Å². The van der Waals surface area contributed by atoms with E-state index in [1.807, 2.05) is 24.3 Å². The normalized spacial score (nSPS) is 10.0. The highest BCUT2D eigenvalue weighted by Gasteiger charge is 2.00. The highest BCUT2D eigenvalue weighted by molar-refractivity contribution is 5.83. The predicted molar refractivity (Wildman–Crippen MR) is 85.2 cm³/mol. The number of hydrogen-bond acceptors (Lipinski definition) is 5. The first kappa shape index (κ1) is 16.0. The number of benzene rings is 2. The first-order valence-electron chi connectivity index (χ1n) is 6.87. The molecule has 2 aromatic carbocycles. The summed E-state index contributed by atoms with van der Waals surface area (Å²) in [6.45, 7) is -0.104. The third-order valence-electron chi connectivity index (χ3n) is 2.70. The molecule has 0 spiro atoms. The molecule has 0 atom stereocenters. The van der Waals surface area contributed by atoms with Gasteiger partial charge in [0.2, 0.25) is 0 Å². The number of nitrogens with one attached hydrogen (secondary N) is 1. The summed E-state index contributed by atoms with van der Waals surface area (Å²) in [5.74, 6) is 0.877. The fraction of sp³-hybridized carbons (Fsp3) is 0.118. The van der Waals surface area contributed by atoms with Crippen molar-refractivity contribution < 1.29 is 14.3 Å². The average Bonchev–Trinajstić information content (AvgIpc) is 2.60. The zero-order chi connectivity index (χ0) is 16.3. The van der Waals surface area contributed by atoms with Gasteiger partial charge >= 0.3 is 0 Å². The van der Waals surface area contributed by atoms with Gasteiger partial charge in [-0.25, -0.2) is 5.43 Å². The Morgan fingerprint density at radius 1 is 1.09 bits per heavy atom. The van der Waals surface area contributed by atoms with Gasteiger partial charge in [-0.1, -0.05) is 18.2 Å². The van der Waals surface area contributed by atoms with Gasteiger partial charge in [-0.3, -0.25) is 4.79 Å². The van der Waals surface area contributed by atoms with E-state index in [0.717, 1.165) is 5.56 Å². The molecule has 0 bridgehead atoms. The van der Waals surface area contributed by atoms with Crippen LogP contribution < -0.4 is 14.9 Å². The largest absolute Gasteiger partial charge is 0.484 e. The van der Waals surface area contributed by atoms with Crippen molar-refractivity contribution in [2.45, 2.75) is 0 Å². The van der Waals surface area contributed by atoms with Crippen LogP contribution in [0.1, 0.15) is 5.56 Å². The Hall–Kier alpha value is -3.33. The van der Waals surface area contributed by atoms with Crippen molar-refractivity contribution in [2.75, 3.05) is 13.2 Å². The summed E-state index contributed by atoms with van der Waals surface area (Å²) < 4.78 is 10.4. The van der Waals surface area contributed by atoms with Gasteiger partial charge in [0.25, 0.3) is 5.91 Å². The van der Waals surface area contributed by atoms with Crippen molar-refractivity contribution in [1.29, 1.82) is 5.26 Å². The Morgan fingerprint density at radius 2 is 1.78 bits per heavy atom. The van der Waals surface area contributed by atoms with Gasteiger partial charge in [-0.15, -0.1) is 0 Å². The summed E-state index contributed by atoms with van der Waals surface area (Å²) >= 11 is 0. The quantitative estimate of drug-likeness (QED) is 0.627. The smallest absolute Gasteiger partial charge is 0.277 e. The summed E-state index contributed by atoms with van der Waals surface area (Å²) in [7, 11) is 0. The molecule has 0 fully saturated rings. The highest BCUT2D eigenvalue weighted by atomic mass is 16.5. The molecule has 6 nitrogen and oxygen atoms in total. The van der Waals surface area contributed by atoms with Gasteiger partial charge < -0.3 is 9.47 Å². The van der Waals surface area contributed by atoms with Crippen LogP contribution in [0.15, 0.2) is 59.7 Å². The molecule has 1 N–H and O–H groups in total. The van der Waals surface area contributed by atoms with Crippen molar-refractivity contribution in [2.24, 2.45) is 5.10 Å². The van der Waals surface area contributed by atoms with Crippen molar-refractivity contribution in [3.63, 3.8) is 0 Å². The van der Waals surface area contributed by atoms with Crippen LogP contribution in [-0.4, -0.2) is 25.3 Å². The molecular weight excluding hydrogens is 294 g/mol. The summed E-state index contributed by atoms with van der Waals surface area (Å²) in [6, 6.07) is 17.9. The Balaban J connectivity index is 1.75. The van der Waals surface area contributed by atoms with Crippen molar-refractivity contribution in [3.8, 4) is 17.6 Å². The van der Waals surface area contributed by atoms with Crippen molar-refractivity contribution in [1.82, 2.24) is 5.43 Å². The number of nitrogens with zero attached hydrogens (tertiary/aromatic N) is 2. The maximum atomic E-state index is 11.6. The average molecular weight is 309 g/mol. The van der Waals surface area contributed by atoms with E-state index in [1.54, 1.807) is 36.4 Å². The summed E-state index contributed by atoms with van der Waals surface area (Å²) in [5.41, 5.74) is 3.17. The summed E-state index contributed by atoms with van der Waals surface area (Å²) in [4.78, 5) is 11.6. The van der Waals surface area contributed by atoms with E-state index in [0.29, 0.717) is 11.5 Å². The van der Waals surface area contributed by atoms with Crippen LogP contribution in [0.25, 0.3) is 0 Å². The second-order valence-corrected chi connectivity index (χ2v) is 4.41. The van der Waals surface area contributed by atoms with Crippen molar-refractivity contribution in [3.05, 3.63) is 60.2 Å². The molecule has 0 aliphatic heterocycles. The number of hydrazone groups is 1. The molecule has 0 aromatic heterocycles. The maximum Gasteiger partial charge on any atom is 0.277 e. The van der Waals surface area contributed by atoms with Crippen LogP contribution in [0, 0.1) is 11.3 Å². The Labute approximate surface area is 134 Å². The molecule has 0 aliphatic rings. The predicted octanol–water partition coefficient (Wildman–Crippen LogP) is 2.12. The topological polar surface area (TPSA) is 83.7 Å². The molecule has 116 valence electrons. The second-order valence-electron chi connectivity index (χ2n) is 4.41. The van der Waals surface area contributed by atoms with Crippen LogP contribution in [-0.2, 0) is 4.79 Å². The van der Waals surface area contributed by atoms with Crippen LogP contribution in [0.4, 0.5) is 0 Å². The fourth-order valence-electron chi connectivity index (χ4n) is 1.64. The number of hydrogen-bond donors (Lipinski definition) is 1. The number of para-hydroxylation sites is 1. The van der Waals surface area contributed by atoms with E-state index in [9.17, 15) is 4.79 Å². The van der Waals surface area contributed by atoms with Gasteiger partial charge in [0.1, 0.15) is 17.6 Å². The Bertz CT molecular complexity index is 691. The monoisotopic (exact) mass is 309 g/mol. The van der Waals surface area contributed by atoms with E-state index >= 15 is 0 Å². The minimum Gasteiger partial charge on any atom is -0.484 e. The third-order valence-corrected chi connectivity index (χ3v) is 2.70. The number of carbonyl (C=O) groups excluding carboxylic acids is 1. The lowest BCUT2D eigenvalue weighted by molar-refractivity contribution is -0.123. The minimum atomic E-state index is -0.348. The van der Waals surface area contributed by atoms with E-state index < -0.39 is 0 Å². The fourth-order valence-corrected chi connectivity index (χ4v) is 1.64. The molecule has 23 heavy (non-hydrogen) atoms. The number of ether oxygens (including phenoxy) is 2. The first-order valence-corrected chi connectivity index (χ1v) is 6.87. The zero-order valence-electron chi connectivity index (χ0n) is 12.3. The molecule has 0 saturated heterocycles. The Kier molecular flexibility index (Phi) is 6.17. The number of nitriles is 1. The minimum absolute atomic E-state index is 0.00487. The van der Waals surface area contributed by atoms with Gasteiger partial charge in [-0.2, -0.15) is 10.4 Å². The SMILES string of the molecule is N#CCOc1ccc(/C=N\NC(=O)COc2ccccc2)cc1. The molecule has 6 heteroatoms. The van der Waals surface area contributed by atoms with E-state index in [-0.39, 0.29) is 19.1 Å². The first-order chi connectivity index (χ1) is 11.3. The number of rotatable bonds is 7. The molecule has 0 aliphatic carbocycles. The summed E-state index contributed by atoms with van der Waals surface area (Å²) in [6.07, 6.45) is 1.51. The molecule has 0 heterocycles. The van der Waals surface area contributed by atoms with Gasteiger partial charge in [-0.05, 0) is 42.0 Å². The summed E-state index contributed by atoms with van der Waals surface area (Å²) in [5, 5.41) is 12.3. The van der Waals surface area contributed by atoms with Gasteiger partial charge in [0, 0.05) is 0 Å². The molecule has 2 aromatic rings. The van der Waals surface area contributed by atoms with Gasteiger partial charge in [0.15, 0.2) is 13.2 Å². The maximum absolute atomic E-state index is 11.6. The second kappa shape index (κ2) is 8.85. The molecular formula is C17H15N3O3. The molecule has 0 radical (unpaired) electrons. The van der Waals surface area contributed by atoms with Crippen LogP contribution in [0.3, 0.4) is 0 Å². The lowest BCUT2D eigenvalue weighted by Gasteiger charge is -2.04. The van der Waals surface area contributed by atoms with E-state index in [2.05, 4.69) is 10.5 Å². The zero-order valence-corrected chi connectivity index (χ0v) is 12.3. The van der Waals surface area contributed by atoms with Crippen LogP contribution in [0.2, 0.25) is 0 Å². The van der Waals surface area contributed by atoms with Gasteiger partial charge in [0.05, 0.1) is 6.21 Å². The molecule has 2 rings (SSSR count). The number of carbonyl (C=O) groups is 1. The van der Waals surface area contributed by atoms with Crippen molar-refractivity contribution >= 4 is 12.1 Å². The van der Waals surface area contributed by atoms with Crippen LogP contribution in [0.5, 0.6) is 11.5 Å². The highest BCUT2D eigenvalue weighted by Crippen LogP contribution is 2.10. The van der Waals surface area contributed by atoms with Crippen LogP contribution >= 0.6 is 0 Å². The standard InChI is InChI=1S/C17H15N3O3/c18-10-11-22-16-8-6-14(7-9-16)12-19-20-17(21)13-23-15-4-2-1-3-5-15/h1-9,12H,11,13H2,(H,20,21)/b19-12-. The lowest BCUT2D eigenvalue weighted by Crippen LogP contribution is -2.24. The lowest BCUT2D eigenvalue weighted by atomic mass is 10.2. The third kappa shape index (κ3) is 5.89. The number of amides is 1.